The van der Waals surface area contributed by atoms with Crippen molar-refractivity contribution in [2.45, 2.75) is 13.0 Å². The predicted molar refractivity (Wildman–Crippen MR) is 89.0 cm³/mol. The maximum Gasteiger partial charge on any atom is 0.169 e. The molecule has 1 aromatic carbocycles. The molecule has 1 saturated heterocycles. The van der Waals surface area contributed by atoms with Crippen molar-refractivity contribution >= 4 is 23.0 Å². The summed E-state index contributed by atoms with van der Waals surface area (Å²) in [6.45, 7) is 6.07. The molecule has 0 amide bonds. The van der Waals surface area contributed by atoms with E-state index in [4.69, 9.17) is 17.0 Å². The molecule has 0 radical (unpaired) electrons. The Morgan fingerprint density at radius 1 is 1.33 bits per heavy atom. The average molecular weight is 309 g/mol. The van der Waals surface area contributed by atoms with E-state index in [0.29, 0.717) is 12.4 Å². The first-order chi connectivity index (χ1) is 10.1. The quantitative estimate of drug-likeness (QED) is 0.821. The largest absolute Gasteiger partial charge is 0.506 e. The molecular formula is C15H23N3O2S. The molecule has 1 heterocycles. The predicted octanol–water partition coefficient (Wildman–Crippen LogP) is 1.42. The van der Waals surface area contributed by atoms with Gasteiger partial charge in [-0.1, -0.05) is 12.1 Å². The zero-order valence-electron chi connectivity index (χ0n) is 12.6. The highest BCUT2D eigenvalue weighted by Gasteiger charge is 2.21. The van der Waals surface area contributed by atoms with E-state index in [0.717, 1.165) is 37.0 Å². The fourth-order valence-corrected chi connectivity index (χ4v) is 2.86. The minimum absolute atomic E-state index is 0.207. The number of nitrogens with zero attached hydrogens (tertiary/aromatic N) is 2. The minimum atomic E-state index is 0.207. The molecule has 6 heteroatoms. The maximum atomic E-state index is 9.91. The van der Waals surface area contributed by atoms with Crippen LogP contribution in [0.1, 0.15) is 6.92 Å². The molecule has 1 aromatic rings. The molecule has 116 valence electrons. The zero-order chi connectivity index (χ0) is 15.2. The highest BCUT2D eigenvalue weighted by molar-refractivity contribution is 7.80. The summed E-state index contributed by atoms with van der Waals surface area (Å²) in [5.41, 5.74) is 0.892. The number of thiocarbonyl (C=S) groups is 1. The molecule has 0 unspecified atom stereocenters. The number of phenolic OH excluding ortho intramolecular Hbond substituents is 1. The summed E-state index contributed by atoms with van der Waals surface area (Å²) in [6.07, 6.45) is 0. The van der Waals surface area contributed by atoms with Crippen molar-refractivity contribution in [2.24, 2.45) is 0 Å². The molecule has 0 spiro atoms. The smallest absolute Gasteiger partial charge is 0.169 e. The molecule has 5 nitrogen and oxygen atoms in total. The maximum absolute atomic E-state index is 9.91. The van der Waals surface area contributed by atoms with Crippen molar-refractivity contribution in [2.75, 3.05) is 44.8 Å². The lowest BCUT2D eigenvalue weighted by Gasteiger charge is -2.38. The number of para-hydroxylation sites is 2. The van der Waals surface area contributed by atoms with Crippen LogP contribution in [0.4, 0.5) is 5.69 Å². The van der Waals surface area contributed by atoms with E-state index < -0.39 is 0 Å². The van der Waals surface area contributed by atoms with E-state index in [9.17, 15) is 5.11 Å². The third-order valence-corrected chi connectivity index (χ3v) is 3.95. The van der Waals surface area contributed by atoms with Crippen molar-refractivity contribution in [3.63, 3.8) is 0 Å². The number of phenols is 1. The molecular weight excluding hydrogens is 286 g/mol. The first kappa shape index (κ1) is 15.9. The Labute approximate surface area is 131 Å². The van der Waals surface area contributed by atoms with E-state index in [1.54, 1.807) is 13.2 Å². The molecule has 21 heavy (non-hydrogen) atoms. The van der Waals surface area contributed by atoms with Crippen LogP contribution in [0.15, 0.2) is 24.3 Å². The van der Waals surface area contributed by atoms with Crippen LogP contribution >= 0.6 is 12.2 Å². The molecule has 0 bridgehead atoms. The fraction of sp³-hybridized carbons (Fsp3) is 0.533. The first-order valence-electron chi connectivity index (χ1n) is 7.19. The minimum Gasteiger partial charge on any atom is -0.506 e. The standard InChI is InChI=1S/C15H23N3O2S/c1-12(11-20-2)16-15(21)18-9-7-17(8-10-18)13-5-3-4-6-14(13)19/h3-6,12,19H,7-11H2,1-2H3,(H,16,21)/t12-/m0/s1. The van der Waals surface area contributed by atoms with Crippen LogP contribution in [0.3, 0.4) is 0 Å². The third kappa shape index (κ3) is 4.22. The first-order valence-corrected chi connectivity index (χ1v) is 7.60. The van der Waals surface area contributed by atoms with Crippen LogP contribution < -0.4 is 10.2 Å². The summed E-state index contributed by atoms with van der Waals surface area (Å²) in [6, 6.07) is 7.66. The topological polar surface area (TPSA) is 48.0 Å². The van der Waals surface area contributed by atoms with Crippen LogP contribution in [0, 0.1) is 0 Å². The van der Waals surface area contributed by atoms with Crippen LogP contribution in [-0.2, 0) is 4.74 Å². The molecule has 1 fully saturated rings. The van der Waals surface area contributed by atoms with E-state index in [2.05, 4.69) is 15.1 Å². The highest BCUT2D eigenvalue weighted by atomic mass is 32.1. The molecule has 2 N–H and O–H groups in total. The van der Waals surface area contributed by atoms with Crippen LogP contribution in [0.5, 0.6) is 5.75 Å². The number of benzene rings is 1. The molecule has 2 rings (SSSR count). The fourth-order valence-electron chi connectivity index (χ4n) is 2.48. The summed E-state index contributed by atoms with van der Waals surface area (Å²) in [4.78, 5) is 4.35. The van der Waals surface area contributed by atoms with Gasteiger partial charge in [-0.3, -0.25) is 0 Å². The number of piperazine rings is 1. The highest BCUT2D eigenvalue weighted by Crippen LogP contribution is 2.27. The normalized spacial score (nSPS) is 16.7. The van der Waals surface area contributed by atoms with E-state index >= 15 is 0 Å². The second-order valence-electron chi connectivity index (χ2n) is 5.27. The number of ether oxygens (including phenoxy) is 1. The van der Waals surface area contributed by atoms with Crippen LogP contribution in [-0.4, -0.2) is 61.1 Å². The van der Waals surface area contributed by atoms with Gasteiger partial charge in [0.1, 0.15) is 5.75 Å². The van der Waals surface area contributed by atoms with E-state index in [1.807, 2.05) is 25.1 Å². The Balaban J connectivity index is 1.86. The Hall–Kier alpha value is -1.53. The summed E-state index contributed by atoms with van der Waals surface area (Å²) in [7, 11) is 1.69. The van der Waals surface area contributed by atoms with Crippen LogP contribution in [0.2, 0.25) is 0 Å². The van der Waals surface area contributed by atoms with Gasteiger partial charge < -0.3 is 25.0 Å². The van der Waals surface area contributed by atoms with Gasteiger partial charge in [0.15, 0.2) is 5.11 Å². The van der Waals surface area contributed by atoms with Gasteiger partial charge in [0.25, 0.3) is 0 Å². The number of rotatable bonds is 4. The number of anilines is 1. The molecule has 0 aromatic heterocycles. The number of methoxy groups -OCH3 is 1. The van der Waals surface area contributed by atoms with Gasteiger partial charge in [-0.25, -0.2) is 0 Å². The van der Waals surface area contributed by atoms with Gasteiger partial charge in [-0.2, -0.15) is 0 Å². The number of nitrogens with one attached hydrogen (secondary N) is 1. The van der Waals surface area contributed by atoms with Gasteiger partial charge in [0, 0.05) is 39.3 Å². The van der Waals surface area contributed by atoms with E-state index in [-0.39, 0.29) is 6.04 Å². The van der Waals surface area contributed by atoms with Gasteiger partial charge in [-0.15, -0.1) is 0 Å². The number of hydrogen-bond acceptors (Lipinski definition) is 4. The average Bonchev–Trinajstić information content (AvgIpc) is 2.48. The summed E-state index contributed by atoms with van der Waals surface area (Å²) in [5, 5.41) is 14.0. The molecule has 0 aliphatic carbocycles. The third-order valence-electron chi connectivity index (χ3n) is 3.58. The van der Waals surface area contributed by atoms with Crippen molar-refractivity contribution in [1.29, 1.82) is 0 Å². The summed E-state index contributed by atoms with van der Waals surface area (Å²) >= 11 is 5.44. The van der Waals surface area contributed by atoms with Gasteiger partial charge in [-0.05, 0) is 31.3 Å². The Morgan fingerprint density at radius 2 is 2.00 bits per heavy atom. The Kier molecular flexibility index (Phi) is 5.64. The lowest BCUT2D eigenvalue weighted by molar-refractivity contribution is 0.177. The molecule has 1 aliphatic rings. The molecule has 1 aliphatic heterocycles. The van der Waals surface area contributed by atoms with Gasteiger partial charge in [0.2, 0.25) is 0 Å². The Morgan fingerprint density at radius 3 is 2.62 bits per heavy atom. The summed E-state index contributed by atoms with van der Waals surface area (Å²) in [5.74, 6) is 0.334. The van der Waals surface area contributed by atoms with Gasteiger partial charge in [0.05, 0.1) is 12.3 Å². The monoisotopic (exact) mass is 309 g/mol. The second kappa shape index (κ2) is 7.47. The van der Waals surface area contributed by atoms with Crippen LogP contribution in [0.25, 0.3) is 0 Å². The van der Waals surface area contributed by atoms with Crippen molar-refractivity contribution in [3.05, 3.63) is 24.3 Å². The number of hydrogen-bond donors (Lipinski definition) is 2. The SMILES string of the molecule is COC[C@H](C)NC(=S)N1CCN(c2ccccc2O)CC1. The molecule has 1 atom stereocenters. The van der Waals surface area contributed by atoms with E-state index in [1.165, 1.54) is 0 Å². The zero-order valence-corrected chi connectivity index (χ0v) is 13.4. The number of aromatic hydroxyl groups is 1. The van der Waals surface area contributed by atoms with Gasteiger partial charge >= 0.3 is 0 Å². The lowest BCUT2D eigenvalue weighted by atomic mass is 10.2. The lowest BCUT2D eigenvalue weighted by Crippen LogP contribution is -2.53. The molecule has 0 saturated carbocycles. The second-order valence-corrected chi connectivity index (χ2v) is 5.66. The summed E-state index contributed by atoms with van der Waals surface area (Å²) < 4.78 is 5.10. The van der Waals surface area contributed by atoms with Crippen molar-refractivity contribution in [1.82, 2.24) is 10.2 Å². The Bertz CT molecular complexity index is 476. The van der Waals surface area contributed by atoms with Crippen molar-refractivity contribution < 1.29 is 9.84 Å². The van der Waals surface area contributed by atoms with Crippen molar-refractivity contribution in [3.8, 4) is 5.75 Å².